The van der Waals surface area contributed by atoms with Crippen LogP contribution in [0.1, 0.15) is 30.1 Å². The first-order chi connectivity index (χ1) is 13.3. The van der Waals surface area contributed by atoms with Crippen LogP contribution >= 0.6 is 0 Å². The summed E-state index contributed by atoms with van der Waals surface area (Å²) in [6.07, 6.45) is 2.21. The first kappa shape index (κ1) is 23.2. The number of benzene rings is 1. The normalized spacial score (nSPS) is 10.7. The van der Waals surface area contributed by atoms with E-state index < -0.39 is 11.8 Å². The van der Waals surface area contributed by atoms with Crippen LogP contribution in [0.5, 0.6) is 0 Å². The van der Waals surface area contributed by atoms with E-state index in [2.05, 4.69) is 6.92 Å². The van der Waals surface area contributed by atoms with Crippen molar-refractivity contribution >= 4 is 11.8 Å². The number of rotatable bonds is 17. The fourth-order valence-electron chi connectivity index (χ4n) is 1.97. The lowest BCUT2D eigenvalue weighted by Gasteiger charge is -2.08. The number of esters is 1. The molecule has 1 aromatic rings. The molecule has 0 saturated carbocycles. The number of hydrogen-bond donors (Lipinski definition) is 0. The van der Waals surface area contributed by atoms with E-state index in [1.54, 1.807) is 30.3 Å². The van der Waals surface area contributed by atoms with E-state index in [0.29, 0.717) is 45.2 Å². The van der Waals surface area contributed by atoms with E-state index in [1.807, 2.05) is 0 Å². The summed E-state index contributed by atoms with van der Waals surface area (Å²) < 4.78 is 26.2. The number of carbonyl (C=O) groups excluding carboxylic acids is 2. The maximum Gasteiger partial charge on any atom is 0.379 e. The zero-order valence-electron chi connectivity index (χ0n) is 16.0. The minimum atomic E-state index is -0.878. The third-order valence-corrected chi connectivity index (χ3v) is 3.44. The fourth-order valence-corrected chi connectivity index (χ4v) is 1.97. The number of hydrogen-bond acceptors (Lipinski definition) is 7. The molecule has 0 atom stereocenters. The summed E-state index contributed by atoms with van der Waals surface area (Å²) >= 11 is 0. The van der Waals surface area contributed by atoms with Crippen LogP contribution in [-0.4, -0.2) is 71.2 Å². The van der Waals surface area contributed by atoms with Gasteiger partial charge in [0.1, 0.15) is 6.61 Å². The zero-order chi connectivity index (χ0) is 19.6. The molecule has 0 aliphatic heterocycles. The van der Waals surface area contributed by atoms with Gasteiger partial charge in [-0.05, 0) is 6.42 Å². The van der Waals surface area contributed by atoms with Crippen molar-refractivity contribution in [3.63, 3.8) is 0 Å². The van der Waals surface area contributed by atoms with Gasteiger partial charge in [-0.3, -0.25) is 4.79 Å². The minimum Gasteiger partial charge on any atom is -0.457 e. The van der Waals surface area contributed by atoms with E-state index in [9.17, 15) is 9.59 Å². The molecule has 0 saturated heterocycles. The van der Waals surface area contributed by atoms with Crippen molar-refractivity contribution in [2.75, 3.05) is 59.5 Å². The molecule has 152 valence electrons. The van der Waals surface area contributed by atoms with Crippen LogP contribution in [0.15, 0.2) is 30.3 Å². The molecule has 0 aromatic heterocycles. The van der Waals surface area contributed by atoms with Gasteiger partial charge in [0.15, 0.2) is 0 Å². The number of Topliss-reactive ketones (excluding diaryl/α,β-unsaturated/α-hetero) is 1. The Morgan fingerprint density at radius 2 is 1.19 bits per heavy atom. The summed E-state index contributed by atoms with van der Waals surface area (Å²) in [6.45, 7) is 6.11. The SMILES string of the molecule is CCCCOCCOCCOCCOCCOC(=O)C(=O)c1ccccc1. The van der Waals surface area contributed by atoms with E-state index in [-0.39, 0.29) is 13.2 Å². The van der Waals surface area contributed by atoms with Crippen LogP contribution in [0, 0.1) is 0 Å². The van der Waals surface area contributed by atoms with Gasteiger partial charge < -0.3 is 23.7 Å². The van der Waals surface area contributed by atoms with Crippen molar-refractivity contribution in [3.8, 4) is 0 Å². The molecule has 0 radical (unpaired) electrons. The predicted molar refractivity (Wildman–Crippen MR) is 99.9 cm³/mol. The summed E-state index contributed by atoms with van der Waals surface area (Å²) in [5.41, 5.74) is 0.312. The molecule has 1 rings (SSSR count). The Kier molecular flexibility index (Phi) is 14.1. The van der Waals surface area contributed by atoms with Crippen LogP contribution in [0.25, 0.3) is 0 Å². The van der Waals surface area contributed by atoms with Gasteiger partial charge in [0, 0.05) is 12.2 Å². The minimum absolute atomic E-state index is 0.0263. The summed E-state index contributed by atoms with van der Waals surface area (Å²) in [7, 11) is 0. The van der Waals surface area contributed by atoms with Crippen molar-refractivity contribution in [1.29, 1.82) is 0 Å². The molecule has 0 bridgehead atoms. The maximum absolute atomic E-state index is 11.8. The maximum atomic E-state index is 11.8. The summed E-state index contributed by atoms with van der Waals surface area (Å²) in [5.74, 6) is -1.54. The van der Waals surface area contributed by atoms with Crippen LogP contribution in [0.3, 0.4) is 0 Å². The smallest absolute Gasteiger partial charge is 0.379 e. The van der Waals surface area contributed by atoms with Crippen molar-refractivity contribution in [1.82, 2.24) is 0 Å². The first-order valence-corrected chi connectivity index (χ1v) is 9.33. The van der Waals surface area contributed by atoms with E-state index in [1.165, 1.54) is 0 Å². The standard InChI is InChI=1S/C20H30O7/c1-2-3-9-23-10-11-24-12-13-25-14-15-26-16-17-27-20(22)19(21)18-7-5-4-6-8-18/h4-8H,2-3,9-17H2,1H3. The monoisotopic (exact) mass is 382 g/mol. The van der Waals surface area contributed by atoms with Crippen LogP contribution in [-0.2, 0) is 28.5 Å². The molecular formula is C20H30O7. The molecule has 0 aliphatic carbocycles. The lowest BCUT2D eigenvalue weighted by atomic mass is 10.1. The first-order valence-electron chi connectivity index (χ1n) is 9.33. The van der Waals surface area contributed by atoms with E-state index in [0.717, 1.165) is 19.4 Å². The van der Waals surface area contributed by atoms with Crippen molar-refractivity contribution in [2.45, 2.75) is 19.8 Å². The van der Waals surface area contributed by atoms with Gasteiger partial charge in [0.05, 0.1) is 46.2 Å². The van der Waals surface area contributed by atoms with Gasteiger partial charge in [-0.25, -0.2) is 4.79 Å². The van der Waals surface area contributed by atoms with Crippen LogP contribution < -0.4 is 0 Å². The molecule has 7 nitrogen and oxygen atoms in total. The van der Waals surface area contributed by atoms with Gasteiger partial charge in [-0.15, -0.1) is 0 Å². The van der Waals surface area contributed by atoms with Gasteiger partial charge in [0.2, 0.25) is 0 Å². The number of unbranched alkanes of at least 4 members (excludes halogenated alkanes) is 1. The highest BCUT2D eigenvalue weighted by Crippen LogP contribution is 2.01. The number of carbonyl (C=O) groups is 2. The largest absolute Gasteiger partial charge is 0.457 e. The molecule has 0 amide bonds. The predicted octanol–water partition coefficient (Wildman–Crippen LogP) is 2.28. The van der Waals surface area contributed by atoms with Crippen LogP contribution in [0.2, 0.25) is 0 Å². The van der Waals surface area contributed by atoms with Crippen molar-refractivity contribution in [3.05, 3.63) is 35.9 Å². The highest BCUT2D eigenvalue weighted by Gasteiger charge is 2.16. The van der Waals surface area contributed by atoms with Crippen LogP contribution in [0.4, 0.5) is 0 Å². The lowest BCUT2D eigenvalue weighted by Crippen LogP contribution is -2.20. The highest BCUT2D eigenvalue weighted by molar-refractivity contribution is 6.40. The number of ether oxygens (including phenoxy) is 5. The lowest BCUT2D eigenvalue weighted by molar-refractivity contribution is -0.139. The second kappa shape index (κ2) is 16.4. The number of ketones is 1. The summed E-state index contributed by atoms with van der Waals surface area (Å²) in [4.78, 5) is 23.4. The molecular weight excluding hydrogens is 352 g/mol. The summed E-state index contributed by atoms with van der Waals surface area (Å²) in [6, 6.07) is 8.29. The summed E-state index contributed by atoms with van der Waals surface area (Å²) in [5, 5.41) is 0. The third kappa shape index (κ3) is 12.3. The van der Waals surface area contributed by atoms with Gasteiger partial charge in [0.25, 0.3) is 5.78 Å². The quantitative estimate of drug-likeness (QED) is 0.177. The average Bonchev–Trinajstić information content (AvgIpc) is 2.70. The molecule has 0 fully saturated rings. The molecule has 1 aromatic carbocycles. The second-order valence-corrected chi connectivity index (χ2v) is 5.63. The van der Waals surface area contributed by atoms with Crippen molar-refractivity contribution in [2.24, 2.45) is 0 Å². The molecule has 0 heterocycles. The zero-order valence-corrected chi connectivity index (χ0v) is 16.0. The highest BCUT2D eigenvalue weighted by atomic mass is 16.6. The Labute approximate surface area is 160 Å². The molecule has 0 spiro atoms. The topological polar surface area (TPSA) is 80.3 Å². The molecule has 7 heteroatoms. The van der Waals surface area contributed by atoms with Crippen molar-refractivity contribution < 1.29 is 33.3 Å². The van der Waals surface area contributed by atoms with E-state index in [4.69, 9.17) is 23.7 Å². The second-order valence-electron chi connectivity index (χ2n) is 5.63. The Balaban J connectivity index is 1.85. The Morgan fingerprint density at radius 3 is 1.70 bits per heavy atom. The fraction of sp³-hybridized carbons (Fsp3) is 0.600. The van der Waals surface area contributed by atoms with Gasteiger partial charge in [-0.2, -0.15) is 0 Å². The van der Waals surface area contributed by atoms with E-state index >= 15 is 0 Å². The Bertz CT molecular complexity index is 504. The molecule has 27 heavy (non-hydrogen) atoms. The Hall–Kier alpha value is -1.80. The third-order valence-electron chi connectivity index (χ3n) is 3.44. The molecule has 0 aliphatic rings. The van der Waals surface area contributed by atoms with Gasteiger partial charge in [-0.1, -0.05) is 43.7 Å². The Morgan fingerprint density at radius 1 is 0.704 bits per heavy atom. The molecule has 0 unspecified atom stereocenters. The average molecular weight is 382 g/mol. The van der Waals surface area contributed by atoms with Gasteiger partial charge >= 0.3 is 5.97 Å². The molecule has 0 N–H and O–H groups in total.